The van der Waals surface area contributed by atoms with E-state index in [9.17, 15) is 0 Å². The first-order valence-corrected chi connectivity index (χ1v) is 14.1. The van der Waals surface area contributed by atoms with Crippen molar-refractivity contribution in [2.45, 2.75) is 0 Å². The molecule has 0 fully saturated rings. The smallest absolute Gasteiger partial charge is 0.209 e. The molecule has 1 aliphatic carbocycles. The van der Waals surface area contributed by atoms with Gasteiger partial charge < -0.3 is 9.64 Å². The summed E-state index contributed by atoms with van der Waals surface area (Å²) in [6.45, 7) is 0. The van der Waals surface area contributed by atoms with Crippen LogP contribution in [-0.4, -0.2) is 20.3 Å². The third-order valence-corrected chi connectivity index (χ3v) is 7.83. The number of hydrogen-bond acceptors (Lipinski definition) is 8. The van der Waals surface area contributed by atoms with E-state index in [2.05, 4.69) is 35.2 Å². The zero-order valence-electron chi connectivity index (χ0n) is 22.1. The molecule has 2 aliphatic rings. The van der Waals surface area contributed by atoms with E-state index in [1.807, 2.05) is 84.9 Å². The van der Waals surface area contributed by atoms with Gasteiger partial charge in [-0.1, -0.05) is 48.5 Å². The summed E-state index contributed by atoms with van der Waals surface area (Å²) in [4.78, 5) is 19.5. The van der Waals surface area contributed by atoms with Crippen LogP contribution in [0.3, 0.4) is 0 Å². The molecule has 0 spiro atoms. The van der Waals surface area contributed by atoms with E-state index in [4.69, 9.17) is 29.2 Å². The molecule has 0 saturated heterocycles. The summed E-state index contributed by atoms with van der Waals surface area (Å²) in [5.74, 6) is 1.58. The van der Waals surface area contributed by atoms with Gasteiger partial charge in [0.1, 0.15) is 5.82 Å². The van der Waals surface area contributed by atoms with Crippen LogP contribution in [0.4, 0.5) is 33.1 Å². The Balaban J connectivity index is 1.27. The number of benzene rings is 5. The standard InChI is InChI=1S/C34H16FN5OS2/c35-24-16-15-23-29-22(31-32(23)39-34(37-18-43)33(38-31)36-17-42)14-13-21(30(24)29)19-9-11-20(12-10-19)40-25-5-1-3-7-27(25)41-28-8-4-2-6-26(28)40/h1-16H. The van der Waals surface area contributed by atoms with Gasteiger partial charge in [-0.2, -0.15) is 9.98 Å². The number of ether oxygens (including phenoxy) is 1. The molecule has 202 valence electrons. The van der Waals surface area contributed by atoms with Crippen molar-refractivity contribution in [3.8, 4) is 45.1 Å². The minimum absolute atomic E-state index is 0.179. The second-order valence-corrected chi connectivity index (χ2v) is 10.3. The molecule has 8 rings (SSSR count). The van der Waals surface area contributed by atoms with Crippen LogP contribution in [0, 0.1) is 5.82 Å². The molecular weight excluding hydrogens is 578 g/mol. The summed E-state index contributed by atoms with van der Waals surface area (Å²) in [7, 11) is 0. The zero-order chi connectivity index (χ0) is 29.1. The highest BCUT2D eigenvalue weighted by Crippen LogP contribution is 2.52. The van der Waals surface area contributed by atoms with E-state index in [1.54, 1.807) is 6.07 Å². The molecule has 2 heterocycles. The maximum Gasteiger partial charge on any atom is 0.209 e. The number of fused-ring (bicyclic) bond motifs is 5. The number of halogens is 1. The molecule has 1 aliphatic heterocycles. The first kappa shape index (κ1) is 25.3. The predicted octanol–water partition coefficient (Wildman–Crippen LogP) is 10.1. The Morgan fingerprint density at radius 1 is 0.628 bits per heavy atom. The van der Waals surface area contributed by atoms with Gasteiger partial charge in [-0.3, -0.25) is 0 Å². The highest BCUT2D eigenvalue weighted by molar-refractivity contribution is 7.78. The van der Waals surface area contributed by atoms with Gasteiger partial charge in [0.25, 0.3) is 0 Å². The fraction of sp³-hybridized carbons (Fsp3) is 0. The Bertz CT molecular complexity index is 2160. The zero-order valence-corrected chi connectivity index (χ0v) is 23.7. The van der Waals surface area contributed by atoms with E-state index in [0.29, 0.717) is 16.8 Å². The van der Waals surface area contributed by atoms with E-state index in [1.165, 1.54) is 6.07 Å². The quantitative estimate of drug-likeness (QED) is 0.149. The average molecular weight is 594 g/mol. The fourth-order valence-electron chi connectivity index (χ4n) is 5.89. The first-order chi connectivity index (χ1) is 21.2. The molecule has 5 aromatic carbocycles. The van der Waals surface area contributed by atoms with Gasteiger partial charge in [0.15, 0.2) is 11.5 Å². The molecule has 6 aromatic rings. The number of nitrogens with zero attached hydrogens (tertiary/aromatic N) is 5. The first-order valence-electron chi connectivity index (χ1n) is 13.3. The Morgan fingerprint density at radius 3 is 1.74 bits per heavy atom. The summed E-state index contributed by atoms with van der Waals surface area (Å²) in [5.41, 5.74) is 7.13. The van der Waals surface area contributed by atoms with Crippen LogP contribution >= 0.6 is 24.4 Å². The monoisotopic (exact) mass is 593 g/mol. The molecule has 0 unspecified atom stereocenters. The van der Waals surface area contributed by atoms with E-state index >= 15 is 4.39 Å². The summed E-state index contributed by atoms with van der Waals surface area (Å²) < 4.78 is 21.9. The van der Waals surface area contributed by atoms with Crippen molar-refractivity contribution < 1.29 is 9.13 Å². The van der Waals surface area contributed by atoms with E-state index in [0.717, 1.165) is 56.2 Å². The van der Waals surface area contributed by atoms with Crippen molar-refractivity contribution in [1.82, 2.24) is 9.97 Å². The van der Waals surface area contributed by atoms with E-state index in [-0.39, 0.29) is 17.5 Å². The maximum atomic E-state index is 15.7. The number of aliphatic imine (C=N–C) groups is 2. The van der Waals surface area contributed by atoms with E-state index < -0.39 is 0 Å². The molecule has 0 saturated carbocycles. The van der Waals surface area contributed by atoms with Crippen molar-refractivity contribution in [2.24, 2.45) is 9.98 Å². The SMILES string of the molecule is Fc1ccc2c3c(ccc(-c4ccc(N5c6ccccc6Oc6ccccc65)cc4)c13)-c1nc(N=C=S)c(N=C=S)nc1-2. The van der Waals surface area contributed by atoms with Gasteiger partial charge in [-0.25, -0.2) is 14.4 Å². The number of isothiocyanates is 2. The predicted molar refractivity (Wildman–Crippen MR) is 173 cm³/mol. The second kappa shape index (κ2) is 9.84. The van der Waals surface area contributed by atoms with Crippen molar-refractivity contribution in [3.05, 3.63) is 103 Å². The lowest BCUT2D eigenvalue weighted by molar-refractivity contribution is 0.477. The van der Waals surface area contributed by atoms with Crippen molar-refractivity contribution >= 4 is 74.2 Å². The van der Waals surface area contributed by atoms with Gasteiger partial charge in [0.05, 0.1) is 33.1 Å². The molecule has 0 bridgehead atoms. The number of aromatic nitrogens is 2. The number of anilines is 3. The summed E-state index contributed by atoms with van der Waals surface area (Å²) in [6, 6.07) is 31.0. The number of rotatable bonds is 4. The lowest BCUT2D eigenvalue weighted by Crippen LogP contribution is -2.15. The minimum Gasteiger partial charge on any atom is -0.453 e. The van der Waals surface area contributed by atoms with Crippen molar-refractivity contribution in [3.63, 3.8) is 0 Å². The van der Waals surface area contributed by atoms with Crippen LogP contribution in [0.1, 0.15) is 0 Å². The lowest BCUT2D eigenvalue weighted by atomic mass is 9.94. The van der Waals surface area contributed by atoms with Crippen molar-refractivity contribution in [2.75, 3.05) is 4.90 Å². The number of para-hydroxylation sites is 4. The van der Waals surface area contributed by atoms with Gasteiger partial charge in [-0.05, 0) is 84.1 Å². The third-order valence-electron chi connectivity index (χ3n) is 7.65. The molecule has 9 heteroatoms. The van der Waals surface area contributed by atoms with Crippen LogP contribution in [-0.2, 0) is 0 Å². The Labute approximate surface area is 255 Å². The molecule has 43 heavy (non-hydrogen) atoms. The molecule has 0 atom stereocenters. The summed E-state index contributed by atoms with van der Waals surface area (Å²) >= 11 is 9.57. The molecule has 0 radical (unpaired) electrons. The highest BCUT2D eigenvalue weighted by Gasteiger charge is 2.29. The Kier molecular flexibility index (Phi) is 5.79. The lowest BCUT2D eigenvalue weighted by Gasteiger charge is -2.32. The summed E-state index contributed by atoms with van der Waals surface area (Å²) in [6.07, 6.45) is 0. The third kappa shape index (κ3) is 3.85. The Hall–Kier alpha value is -5.43. The van der Waals surface area contributed by atoms with Crippen LogP contribution in [0.25, 0.3) is 44.4 Å². The van der Waals surface area contributed by atoms with Crippen LogP contribution in [0.5, 0.6) is 11.5 Å². The van der Waals surface area contributed by atoms with Gasteiger partial charge >= 0.3 is 0 Å². The molecule has 0 N–H and O–H groups in total. The van der Waals surface area contributed by atoms with Crippen LogP contribution in [0.15, 0.2) is 107 Å². The van der Waals surface area contributed by atoms with Crippen molar-refractivity contribution in [1.29, 1.82) is 0 Å². The van der Waals surface area contributed by atoms with Gasteiger partial charge in [-0.15, -0.1) is 0 Å². The largest absolute Gasteiger partial charge is 0.453 e. The average Bonchev–Trinajstić information content (AvgIpc) is 3.35. The van der Waals surface area contributed by atoms with Crippen LogP contribution < -0.4 is 9.64 Å². The van der Waals surface area contributed by atoms with Gasteiger partial charge in [0, 0.05) is 27.6 Å². The molecular formula is C34H16FN5OS2. The normalized spacial score (nSPS) is 12.0. The number of hydrogen-bond donors (Lipinski definition) is 0. The van der Waals surface area contributed by atoms with Gasteiger partial charge in [0.2, 0.25) is 11.6 Å². The molecule has 6 nitrogen and oxygen atoms in total. The fourth-order valence-corrected chi connectivity index (χ4v) is 6.06. The number of thiocarbonyl (C=S) groups is 2. The Morgan fingerprint density at radius 2 is 1.16 bits per heavy atom. The van der Waals surface area contributed by atoms with Crippen LogP contribution in [0.2, 0.25) is 0 Å². The summed E-state index contributed by atoms with van der Waals surface area (Å²) in [5, 5.41) is 5.85. The topological polar surface area (TPSA) is 63.0 Å². The molecule has 1 aromatic heterocycles. The molecule has 0 amide bonds. The highest BCUT2D eigenvalue weighted by atomic mass is 32.1. The minimum atomic E-state index is -0.335. The second-order valence-electron chi connectivity index (χ2n) is 9.90. The maximum absolute atomic E-state index is 15.7.